The van der Waals surface area contributed by atoms with Crippen LogP contribution in [-0.4, -0.2) is 39.6 Å². The van der Waals surface area contributed by atoms with Crippen molar-refractivity contribution in [3.05, 3.63) is 54.4 Å². The van der Waals surface area contributed by atoms with Gasteiger partial charge in [-0.15, -0.1) is 0 Å². The van der Waals surface area contributed by atoms with Crippen LogP contribution in [0.2, 0.25) is 0 Å². The lowest BCUT2D eigenvalue weighted by molar-refractivity contribution is -0.124. The number of H-pyrrole nitrogens is 1. The van der Waals surface area contributed by atoms with Gasteiger partial charge in [-0.25, -0.2) is 0 Å². The first kappa shape index (κ1) is 19.4. The van der Waals surface area contributed by atoms with Gasteiger partial charge in [0.2, 0.25) is 0 Å². The molecular formula is C24H27N3O2. The molecule has 0 saturated carbocycles. The fraction of sp³-hybridized carbons (Fsp3) is 0.375. The van der Waals surface area contributed by atoms with E-state index in [2.05, 4.69) is 29.9 Å². The average Bonchev–Trinajstić information content (AvgIpc) is 3.17. The van der Waals surface area contributed by atoms with E-state index >= 15 is 0 Å². The SMILES string of the molecule is CC(C)CC(=O)[C@@H]1CCCN(C(=O)c2ccc(-c3c[nH]c4ccccc34)nc2)C1. The number of amides is 1. The Labute approximate surface area is 171 Å². The molecule has 1 saturated heterocycles. The Morgan fingerprint density at radius 1 is 1.21 bits per heavy atom. The highest BCUT2D eigenvalue weighted by atomic mass is 16.2. The molecule has 0 unspecified atom stereocenters. The van der Waals surface area contributed by atoms with Crippen molar-refractivity contribution in [2.45, 2.75) is 33.1 Å². The zero-order chi connectivity index (χ0) is 20.4. The van der Waals surface area contributed by atoms with Gasteiger partial charge >= 0.3 is 0 Å². The Morgan fingerprint density at radius 3 is 2.79 bits per heavy atom. The number of carbonyl (C=O) groups excluding carboxylic acids is 2. The first-order valence-corrected chi connectivity index (χ1v) is 10.4. The Bertz CT molecular complexity index is 1020. The molecular weight excluding hydrogens is 362 g/mol. The number of nitrogens with zero attached hydrogens (tertiary/aromatic N) is 2. The molecule has 1 fully saturated rings. The van der Waals surface area contributed by atoms with E-state index in [4.69, 9.17) is 0 Å². The van der Waals surface area contributed by atoms with Crippen LogP contribution in [0, 0.1) is 11.8 Å². The van der Waals surface area contributed by atoms with Gasteiger partial charge in [-0.1, -0.05) is 32.0 Å². The molecule has 1 aliphatic rings. The molecule has 5 nitrogen and oxygen atoms in total. The summed E-state index contributed by atoms with van der Waals surface area (Å²) >= 11 is 0. The van der Waals surface area contributed by atoms with Crippen molar-refractivity contribution in [1.29, 1.82) is 0 Å². The molecule has 1 aliphatic heterocycles. The molecule has 29 heavy (non-hydrogen) atoms. The van der Waals surface area contributed by atoms with Gasteiger partial charge in [-0.05, 0) is 37.0 Å². The average molecular weight is 389 g/mol. The molecule has 2 aromatic heterocycles. The Morgan fingerprint density at radius 2 is 2.03 bits per heavy atom. The maximum atomic E-state index is 13.0. The molecule has 150 valence electrons. The predicted molar refractivity (Wildman–Crippen MR) is 115 cm³/mol. The minimum atomic E-state index is -0.0370. The monoisotopic (exact) mass is 389 g/mol. The predicted octanol–water partition coefficient (Wildman–Crippen LogP) is 4.70. The van der Waals surface area contributed by atoms with Crippen molar-refractivity contribution in [2.24, 2.45) is 11.8 Å². The summed E-state index contributed by atoms with van der Waals surface area (Å²) in [7, 11) is 0. The van der Waals surface area contributed by atoms with Crippen LogP contribution in [0.4, 0.5) is 0 Å². The van der Waals surface area contributed by atoms with Crippen LogP contribution in [-0.2, 0) is 4.79 Å². The molecule has 4 rings (SSSR count). The van der Waals surface area contributed by atoms with Gasteiger partial charge in [0, 0.05) is 54.3 Å². The molecule has 0 bridgehead atoms. The van der Waals surface area contributed by atoms with Crippen molar-refractivity contribution in [3.63, 3.8) is 0 Å². The van der Waals surface area contributed by atoms with Crippen molar-refractivity contribution < 1.29 is 9.59 Å². The Hall–Kier alpha value is -2.95. The molecule has 1 amide bonds. The van der Waals surface area contributed by atoms with Crippen molar-refractivity contribution in [1.82, 2.24) is 14.9 Å². The minimum absolute atomic E-state index is 0.0337. The number of fused-ring (bicyclic) bond motifs is 1. The van der Waals surface area contributed by atoms with Gasteiger partial charge in [0.05, 0.1) is 11.3 Å². The third-order valence-corrected chi connectivity index (χ3v) is 5.65. The second-order valence-corrected chi connectivity index (χ2v) is 8.33. The highest BCUT2D eigenvalue weighted by Gasteiger charge is 2.29. The fourth-order valence-corrected chi connectivity index (χ4v) is 4.14. The lowest BCUT2D eigenvalue weighted by Crippen LogP contribution is -2.42. The number of likely N-dealkylation sites (tertiary alicyclic amines) is 1. The molecule has 1 N–H and O–H groups in total. The van der Waals surface area contributed by atoms with Crippen LogP contribution in [0.15, 0.2) is 48.8 Å². The number of pyridine rings is 1. The summed E-state index contributed by atoms with van der Waals surface area (Å²) in [5.74, 6) is 0.568. The smallest absolute Gasteiger partial charge is 0.255 e. The van der Waals surface area contributed by atoms with E-state index in [1.54, 1.807) is 6.20 Å². The number of aromatic amines is 1. The van der Waals surface area contributed by atoms with Gasteiger partial charge < -0.3 is 9.88 Å². The lowest BCUT2D eigenvalue weighted by Gasteiger charge is -2.32. The maximum absolute atomic E-state index is 13.0. The molecule has 5 heteroatoms. The summed E-state index contributed by atoms with van der Waals surface area (Å²) in [4.78, 5) is 35.0. The number of Topliss-reactive ketones (excluding diaryl/α,β-unsaturated/α-hetero) is 1. The fourth-order valence-electron chi connectivity index (χ4n) is 4.14. The highest BCUT2D eigenvalue weighted by Crippen LogP contribution is 2.27. The van der Waals surface area contributed by atoms with Crippen LogP contribution >= 0.6 is 0 Å². The van der Waals surface area contributed by atoms with Crippen molar-refractivity contribution in [3.8, 4) is 11.3 Å². The van der Waals surface area contributed by atoms with Gasteiger partial charge in [0.15, 0.2) is 0 Å². The number of hydrogen-bond donors (Lipinski definition) is 1. The van der Waals surface area contributed by atoms with Gasteiger partial charge in [-0.3, -0.25) is 14.6 Å². The second kappa shape index (κ2) is 8.19. The summed E-state index contributed by atoms with van der Waals surface area (Å²) in [6.45, 7) is 5.35. The molecule has 1 aromatic carbocycles. The third kappa shape index (κ3) is 4.09. The van der Waals surface area contributed by atoms with Crippen molar-refractivity contribution >= 4 is 22.6 Å². The molecule has 1 atom stereocenters. The summed E-state index contributed by atoms with van der Waals surface area (Å²) in [6.07, 6.45) is 5.95. The van der Waals surface area contributed by atoms with Crippen LogP contribution in [0.1, 0.15) is 43.5 Å². The van der Waals surface area contributed by atoms with Crippen LogP contribution in [0.3, 0.4) is 0 Å². The summed E-state index contributed by atoms with van der Waals surface area (Å²) in [5.41, 5.74) is 3.50. The molecule has 3 heterocycles. The normalized spacial score (nSPS) is 17.1. The summed E-state index contributed by atoms with van der Waals surface area (Å²) in [5, 5.41) is 1.11. The second-order valence-electron chi connectivity index (χ2n) is 8.33. The van der Waals surface area contributed by atoms with E-state index in [-0.39, 0.29) is 17.6 Å². The molecule has 3 aromatic rings. The Balaban J connectivity index is 1.49. The number of rotatable bonds is 5. The summed E-state index contributed by atoms with van der Waals surface area (Å²) < 4.78 is 0. The number of piperidine rings is 1. The zero-order valence-corrected chi connectivity index (χ0v) is 17.0. The van der Waals surface area contributed by atoms with E-state index in [1.165, 1.54) is 0 Å². The van der Waals surface area contributed by atoms with Crippen LogP contribution < -0.4 is 0 Å². The van der Waals surface area contributed by atoms with E-state index in [9.17, 15) is 9.59 Å². The maximum Gasteiger partial charge on any atom is 0.255 e. The number of carbonyl (C=O) groups is 2. The topological polar surface area (TPSA) is 66.1 Å². The number of ketones is 1. The number of para-hydroxylation sites is 1. The van der Waals surface area contributed by atoms with E-state index < -0.39 is 0 Å². The minimum Gasteiger partial charge on any atom is -0.360 e. The quantitative estimate of drug-likeness (QED) is 0.688. The summed E-state index contributed by atoms with van der Waals surface area (Å²) in [6, 6.07) is 11.8. The van der Waals surface area contributed by atoms with Gasteiger partial charge in [0.25, 0.3) is 5.91 Å². The number of aromatic nitrogens is 2. The van der Waals surface area contributed by atoms with Gasteiger partial charge in [0.1, 0.15) is 5.78 Å². The van der Waals surface area contributed by atoms with Gasteiger partial charge in [-0.2, -0.15) is 0 Å². The standard InChI is InChI=1S/C24H27N3O2/c1-16(2)12-23(28)18-6-5-11-27(15-18)24(29)17-9-10-22(25-13-17)20-14-26-21-8-4-3-7-19(20)21/h3-4,7-10,13-14,16,18,26H,5-6,11-12,15H2,1-2H3/t18-/m1/s1. The highest BCUT2D eigenvalue weighted by molar-refractivity contribution is 5.97. The number of nitrogens with one attached hydrogen (secondary N) is 1. The zero-order valence-electron chi connectivity index (χ0n) is 17.0. The first-order valence-electron chi connectivity index (χ1n) is 10.4. The first-order chi connectivity index (χ1) is 14.0. The Kier molecular flexibility index (Phi) is 5.47. The van der Waals surface area contributed by atoms with Crippen LogP contribution in [0.5, 0.6) is 0 Å². The molecule has 0 aliphatic carbocycles. The van der Waals surface area contributed by atoms with Crippen molar-refractivity contribution in [2.75, 3.05) is 13.1 Å². The van der Waals surface area contributed by atoms with Crippen LogP contribution in [0.25, 0.3) is 22.2 Å². The number of hydrogen-bond acceptors (Lipinski definition) is 3. The molecule has 0 spiro atoms. The van der Waals surface area contributed by atoms with E-state index in [1.807, 2.05) is 41.4 Å². The largest absolute Gasteiger partial charge is 0.360 e. The third-order valence-electron chi connectivity index (χ3n) is 5.65. The molecule has 0 radical (unpaired) electrons. The van der Waals surface area contributed by atoms with E-state index in [0.29, 0.717) is 31.0 Å². The van der Waals surface area contributed by atoms with E-state index in [0.717, 1.165) is 35.0 Å². The lowest BCUT2D eigenvalue weighted by atomic mass is 9.89. The number of benzene rings is 1.